The van der Waals surface area contributed by atoms with Crippen molar-refractivity contribution in [2.24, 2.45) is 5.92 Å². The lowest BCUT2D eigenvalue weighted by atomic mass is 10.0. The number of nitrogens with one attached hydrogen (secondary N) is 1. The Bertz CT molecular complexity index is 1870. The van der Waals surface area contributed by atoms with Gasteiger partial charge in [-0.15, -0.1) is 0 Å². The molecule has 0 aliphatic heterocycles. The van der Waals surface area contributed by atoms with Crippen LogP contribution in [0.25, 0.3) is 0 Å². The number of ether oxygens (including phenoxy) is 3. The lowest BCUT2D eigenvalue weighted by Crippen LogP contribution is -2.53. The Kier molecular flexibility index (Phi) is 13.1. The van der Waals surface area contributed by atoms with Gasteiger partial charge in [0.25, 0.3) is 10.0 Å². The molecule has 4 rings (SSSR count). The zero-order chi connectivity index (χ0) is 36.4. The van der Waals surface area contributed by atoms with Crippen molar-refractivity contribution in [2.75, 3.05) is 38.7 Å². The van der Waals surface area contributed by atoms with Crippen LogP contribution in [-0.2, 0) is 32.6 Å². The summed E-state index contributed by atoms with van der Waals surface area (Å²) in [5, 5.41) is 3.22. The number of hydrogen-bond acceptors (Lipinski definition) is 7. The van der Waals surface area contributed by atoms with Crippen molar-refractivity contribution in [1.29, 1.82) is 0 Å². The van der Waals surface area contributed by atoms with Gasteiger partial charge in [-0.2, -0.15) is 0 Å². The predicted molar refractivity (Wildman–Crippen MR) is 196 cm³/mol. The minimum Gasteiger partial charge on any atom is -0.495 e. The molecule has 4 aromatic rings. The van der Waals surface area contributed by atoms with Gasteiger partial charge >= 0.3 is 0 Å². The zero-order valence-corrected chi connectivity index (χ0v) is 30.8. The van der Waals surface area contributed by atoms with Crippen LogP contribution >= 0.6 is 11.6 Å². The molecule has 0 radical (unpaired) electrons. The van der Waals surface area contributed by atoms with Gasteiger partial charge in [-0.25, -0.2) is 8.42 Å². The SMILES string of the molecule is COc1ccc(S(=O)(=O)N(CC(=O)N(Cc2ccc(C)cc2)[C@H](Cc2ccccc2)C(=O)NCC(C)C)c2cc(Cl)ccc2OC)cc1OC. The fourth-order valence-electron chi connectivity index (χ4n) is 5.34. The molecule has 1 atom stereocenters. The van der Waals surface area contributed by atoms with Gasteiger partial charge < -0.3 is 24.4 Å². The van der Waals surface area contributed by atoms with E-state index in [4.69, 9.17) is 25.8 Å². The summed E-state index contributed by atoms with van der Waals surface area (Å²) in [5.41, 5.74) is 2.68. The maximum atomic E-state index is 14.8. The Hall–Kier alpha value is -4.74. The molecule has 1 N–H and O–H groups in total. The van der Waals surface area contributed by atoms with Crippen LogP contribution in [0.4, 0.5) is 5.69 Å². The molecule has 12 heteroatoms. The number of sulfonamides is 1. The average Bonchev–Trinajstić information content (AvgIpc) is 3.11. The number of benzene rings is 4. The maximum absolute atomic E-state index is 14.8. The molecule has 0 saturated carbocycles. The molecule has 0 bridgehead atoms. The van der Waals surface area contributed by atoms with E-state index in [1.807, 2.05) is 75.4 Å². The van der Waals surface area contributed by atoms with E-state index in [1.165, 1.54) is 56.6 Å². The average molecular weight is 722 g/mol. The van der Waals surface area contributed by atoms with E-state index >= 15 is 0 Å². The number of rotatable bonds is 16. The number of anilines is 1. The summed E-state index contributed by atoms with van der Waals surface area (Å²) in [6.45, 7) is 5.69. The Morgan fingerprint density at radius 2 is 1.44 bits per heavy atom. The van der Waals surface area contributed by atoms with Crippen LogP contribution in [0, 0.1) is 12.8 Å². The summed E-state index contributed by atoms with van der Waals surface area (Å²) in [5.74, 6) is -0.115. The third-order valence-corrected chi connectivity index (χ3v) is 10.1. The van der Waals surface area contributed by atoms with Crippen LogP contribution in [0.1, 0.15) is 30.5 Å². The van der Waals surface area contributed by atoms with E-state index in [-0.39, 0.29) is 51.9 Å². The second-order valence-electron chi connectivity index (χ2n) is 12.2. The van der Waals surface area contributed by atoms with Crippen molar-refractivity contribution in [3.8, 4) is 17.2 Å². The molecular weight excluding hydrogens is 678 g/mol. The number of nitrogens with zero attached hydrogens (tertiary/aromatic N) is 2. The summed E-state index contributed by atoms with van der Waals surface area (Å²) >= 11 is 6.40. The summed E-state index contributed by atoms with van der Waals surface area (Å²) in [6, 6.07) is 24.7. The van der Waals surface area contributed by atoms with Crippen LogP contribution < -0.4 is 23.8 Å². The number of methoxy groups -OCH3 is 3. The molecule has 2 amide bonds. The van der Waals surface area contributed by atoms with Gasteiger partial charge in [-0.1, -0.05) is 85.6 Å². The first-order chi connectivity index (χ1) is 23.9. The number of amides is 2. The first-order valence-electron chi connectivity index (χ1n) is 16.1. The Balaban J connectivity index is 1.87. The quantitative estimate of drug-likeness (QED) is 0.145. The molecule has 0 fully saturated rings. The van der Waals surface area contributed by atoms with E-state index in [0.717, 1.165) is 21.0 Å². The molecule has 0 heterocycles. The minimum atomic E-state index is -4.48. The number of hydrogen-bond donors (Lipinski definition) is 1. The Labute approximate surface area is 300 Å². The van der Waals surface area contributed by atoms with E-state index in [2.05, 4.69) is 5.32 Å². The number of aryl methyl sites for hydroxylation is 1. The summed E-state index contributed by atoms with van der Waals surface area (Å²) in [7, 11) is -0.243. The normalized spacial score (nSPS) is 11.8. The lowest BCUT2D eigenvalue weighted by Gasteiger charge is -2.34. The highest BCUT2D eigenvalue weighted by molar-refractivity contribution is 7.92. The monoisotopic (exact) mass is 721 g/mol. The summed E-state index contributed by atoms with van der Waals surface area (Å²) in [4.78, 5) is 30.1. The van der Waals surface area contributed by atoms with Crippen molar-refractivity contribution >= 4 is 39.1 Å². The second kappa shape index (κ2) is 17.3. The molecule has 0 aromatic heterocycles. The first kappa shape index (κ1) is 38.1. The molecule has 266 valence electrons. The molecule has 0 aliphatic carbocycles. The van der Waals surface area contributed by atoms with Gasteiger partial charge in [0, 0.05) is 30.6 Å². The topological polar surface area (TPSA) is 114 Å². The largest absolute Gasteiger partial charge is 0.495 e. The molecular formula is C38H44ClN3O7S. The zero-order valence-electron chi connectivity index (χ0n) is 29.2. The molecule has 4 aromatic carbocycles. The highest BCUT2D eigenvalue weighted by Gasteiger charge is 2.36. The van der Waals surface area contributed by atoms with Crippen molar-refractivity contribution in [2.45, 2.75) is 44.7 Å². The van der Waals surface area contributed by atoms with Crippen molar-refractivity contribution < 1.29 is 32.2 Å². The van der Waals surface area contributed by atoms with Gasteiger partial charge in [0.1, 0.15) is 18.3 Å². The van der Waals surface area contributed by atoms with E-state index < -0.39 is 28.5 Å². The third-order valence-electron chi connectivity index (χ3n) is 8.06. The standard InChI is InChI=1S/C38H44ClN3O7S/c1-26(2)23-40-38(44)33(20-28-10-8-7-9-11-28)41(24-29-14-12-27(3)13-15-29)37(43)25-42(32-21-30(39)16-18-34(32)47-4)50(45,46)31-17-19-35(48-5)36(22-31)49-6/h7-19,21-22,26,33H,20,23-25H2,1-6H3,(H,40,44)/t33-/m1/s1. The van der Waals surface area contributed by atoms with Crippen molar-refractivity contribution in [3.63, 3.8) is 0 Å². The first-order valence-corrected chi connectivity index (χ1v) is 17.9. The number of carbonyl (C=O) groups is 2. The third kappa shape index (κ3) is 9.48. The van der Waals surface area contributed by atoms with Crippen molar-refractivity contribution in [3.05, 3.63) is 113 Å². The summed E-state index contributed by atoms with van der Waals surface area (Å²) < 4.78 is 46.4. The summed E-state index contributed by atoms with van der Waals surface area (Å²) in [6.07, 6.45) is 0.200. The second-order valence-corrected chi connectivity index (χ2v) is 14.5. The van der Waals surface area contributed by atoms with E-state index in [1.54, 1.807) is 6.07 Å². The fourth-order valence-corrected chi connectivity index (χ4v) is 6.94. The van der Waals surface area contributed by atoms with E-state index in [0.29, 0.717) is 12.3 Å². The lowest BCUT2D eigenvalue weighted by molar-refractivity contribution is -0.140. The number of halogens is 1. The smallest absolute Gasteiger partial charge is 0.265 e. The van der Waals surface area contributed by atoms with Crippen LogP contribution in [0.15, 0.2) is 95.9 Å². The highest BCUT2D eigenvalue weighted by atomic mass is 35.5. The van der Waals surface area contributed by atoms with Gasteiger partial charge in [0.05, 0.1) is 31.9 Å². The minimum absolute atomic E-state index is 0.0438. The van der Waals surface area contributed by atoms with Gasteiger partial charge in [-0.05, 0) is 54.3 Å². The predicted octanol–water partition coefficient (Wildman–Crippen LogP) is 6.28. The van der Waals surface area contributed by atoms with Gasteiger partial charge in [0.15, 0.2) is 11.5 Å². The molecule has 0 spiro atoms. The van der Waals surface area contributed by atoms with Crippen molar-refractivity contribution in [1.82, 2.24) is 10.2 Å². The van der Waals surface area contributed by atoms with Gasteiger partial charge in [0.2, 0.25) is 11.8 Å². The maximum Gasteiger partial charge on any atom is 0.265 e. The molecule has 0 saturated heterocycles. The van der Waals surface area contributed by atoms with E-state index in [9.17, 15) is 18.0 Å². The van der Waals surface area contributed by atoms with Crippen LogP contribution in [0.5, 0.6) is 17.2 Å². The fraction of sp³-hybridized carbons (Fsp3) is 0.316. The van der Waals surface area contributed by atoms with Crippen LogP contribution in [0.2, 0.25) is 5.02 Å². The Morgan fingerprint density at radius 3 is 2.06 bits per heavy atom. The van der Waals surface area contributed by atoms with Crippen LogP contribution in [-0.4, -0.2) is 65.6 Å². The molecule has 0 unspecified atom stereocenters. The molecule has 50 heavy (non-hydrogen) atoms. The highest BCUT2D eigenvalue weighted by Crippen LogP contribution is 2.37. The molecule has 0 aliphatic rings. The Morgan fingerprint density at radius 1 is 0.800 bits per heavy atom. The van der Waals surface area contributed by atoms with Gasteiger partial charge in [-0.3, -0.25) is 13.9 Å². The number of carbonyl (C=O) groups excluding carboxylic acids is 2. The molecule has 10 nitrogen and oxygen atoms in total. The van der Waals surface area contributed by atoms with Crippen LogP contribution in [0.3, 0.4) is 0 Å².